The van der Waals surface area contributed by atoms with Crippen LogP contribution in [0.4, 0.5) is 14.9 Å². The smallest absolute Gasteiger partial charge is 0.325 e. The van der Waals surface area contributed by atoms with Gasteiger partial charge in [0.1, 0.15) is 11.6 Å². The van der Waals surface area contributed by atoms with Crippen molar-refractivity contribution in [1.82, 2.24) is 5.32 Å². The Hall–Kier alpha value is -2.41. The lowest BCUT2D eigenvalue weighted by atomic mass is 10.1. The third-order valence-electron chi connectivity index (χ3n) is 3.14. The van der Waals surface area contributed by atoms with Crippen LogP contribution in [0.5, 0.6) is 5.75 Å². The summed E-state index contributed by atoms with van der Waals surface area (Å²) >= 11 is 3.13. The minimum atomic E-state index is -0.645. The lowest BCUT2D eigenvalue weighted by Crippen LogP contribution is -2.37. The molecule has 2 aromatic carbocycles. The van der Waals surface area contributed by atoms with Crippen molar-refractivity contribution >= 4 is 33.6 Å². The van der Waals surface area contributed by atoms with E-state index in [-0.39, 0.29) is 6.61 Å². The molecule has 7 heteroatoms. The number of imide groups is 1. The highest BCUT2D eigenvalue weighted by Crippen LogP contribution is 2.25. The second kappa shape index (κ2) is 7.92. The van der Waals surface area contributed by atoms with Crippen molar-refractivity contribution in [3.8, 4) is 5.75 Å². The van der Waals surface area contributed by atoms with E-state index in [4.69, 9.17) is 4.74 Å². The summed E-state index contributed by atoms with van der Waals surface area (Å²) in [4.78, 5) is 23.6. The van der Waals surface area contributed by atoms with E-state index in [1.54, 1.807) is 6.07 Å². The van der Waals surface area contributed by atoms with E-state index < -0.39 is 17.8 Å². The fraction of sp³-hybridized carbons (Fsp3) is 0.176. The molecule has 24 heavy (non-hydrogen) atoms. The second-order valence-corrected chi connectivity index (χ2v) is 6.04. The van der Waals surface area contributed by atoms with E-state index in [1.807, 2.05) is 26.0 Å². The first-order valence-corrected chi connectivity index (χ1v) is 7.90. The molecule has 5 nitrogen and oxygen atoms in total. The summed E-state index contributed by atoms with van der Waals surface area (Å²) < 4.78 is 18.6. The number of nitrogens with one attached hydrogen (secondary N) is 2. The van der Waals surface area contributed by atoms with Crippen LogP contribution in [0.15, 0.2) is 40.9 Å². The van der Waals surface area contributed by atoms with Crippen LogP contribution >= 0.6 is 15.9 Å². The Balaban J connectivity index is 1.86. The molecule has 2 rings (SSSR count). The Bertz CT molecular complexity index is 780. The molecule has 0 saturated carbocycles. The second-order valence-electron chi connectivity index (χ2n) is 5.18. The summed E-state index contributed by atoms with van der Waals surface area (Å²) in [6, 6.07) is 8.73. The number of anilines is 1. The van der Waals surface area contributed by atoms with E-state index in [0.29, 0.717) is 15.9 Å². The van der Waals surface area contributed by atoms with Gasteiger partial charge in [-0.1, -0.05) is 17.7 Å². The fourth-order valence-electron chi connectivity index (χ4n) is 2.01. The van der Waals surface area contributed by atoms with E-state index in [2.05, 4.69) is 26.6 Å². The topological polar surface area (TPSA) is 67.4 Å². The average Bonchev–Trinajstić information content (AvgIpc) is 2.49. The molecule has 126 valence electrons. The van der Waals surface area contributed by atoms with Gasteiger partial charge in [-0.05, 0) is 59.6 Å². The zero-order chi connectivity index (χ0) is 17.7. The molecule has 2 N–H and O–H groups in total. The van der Waals surface area contributed by atoms with Gasteiger partial charge in [0.15, 0.2) is 6.61 Å². The minimum Gasteiger partial charge on any atom is -0.483 e. The van der Waals surface area contributed by atoms with Gasteiger partial charge in [-0.2, -0.15) is 0 Å². The van der Waals surface area contributed by atoms with Crippen molar-refractivity contribution < 1.29 is 18.7 Å². The molecule has 0 fully saturated rings. The lowest BCUT2D eigenvalue weighted by Gasteiger charge is -2.11. The predicted molar refractivity (Wildman–Crippen MR) is 92.7 cm³/mol. The highest BCUT2D eigenvalue weighted by Gasteiger charge is 2.11. The van der Waals surface area contributed by atoms with Crippen molar-refractivity contribution in [2.45, 2.75) is 13.8 Å². The number of ether oxygens (including phenoxy) is 1. The third kappa shape index (κ3) is 5.06. The molecule has 0 heterocycles. The number of carbonyl (C=O) groups excluding carboxylic acids is 2. The number of hydrogen-bond donors (Lipinski definition) is 2. The van der Waals surface area contributed by atoms with Crippen molar-refractivity contribution in [2.24, 2.45) is 0 Å². The highest BCUT2D eigenvalue weighted by atomic mass is 79.9. The first-order valence-electron chi connectivity index (χ1n) is 7.11. The van der Waals surface area contributed by atoms with Gasteiger partial charge in [-0.3, -0.25) is 10.1 Å². The van der Waals surface area contributed by atoms with Gasteiger partial charge in [0.25, 0.3) is 5.91 Å². The molecule has 2 aromatic rings. The summed E-state index contributed by atoms with van der Waals surface area (Å²) in [5.74, 6) is -0.735. The van der Waals surface area contributed by atoms with Crippen molar-refractivity contribution in [1.29, 1.82) is 0 Å². The van der Waals surface area contributed by atoms with Crippen LogP contribution < -0.4 is 15.4 Å². The quantitative estimate of drug-likeness (QED) is 0.825. The summed E-state index contributed by atoms with van der Waals surface area (Å²) in [6.45, 7) is 3.44. The molecule has 0 aliphatic rings. The molecule has 0 saturated heterocycles. The van der Waals surface area contributed by atoms with Crippen molar-refractivity contribution in [3.63, 3.8) is 0 Å². The van der Waals surface area contributed by atoms with E-state index in [0.717, 1.165) is 11.1 Å². The fourth-order valence-corrected chi connectivity index (χ4v) is 2.47. The molecule has 0 unspecified atom stereocenters. The average molecular weight is 395 g/mol. The molecule has 0 spiro atoms. The molecule has 0 bridgehead atoms. The zero-order valence-corrected chi connectivity index (χ0v) is 14.7. The van der Waals surface area contributed by atoms with Crippen molar-refractivity contribution in [3.05, 3.63) is 57.8 Å². The Morgan fingerprint density at radius 2 is 1.92 bits per heavy atom. The normalized spacial score (nSPS) is 10.2. The number of urea groups is 1. The van der Waals surface area contributed by atoms with Crippen LogP contribution in [-0.2, 0) is 4.79 Å². The van der Waals surface area contributed by atoms with Crippen molar-refractivity contribution in [2.75, 3.05) is 11.9 Å². The first kappa shape index (κ1) is 17.9. The van der Waals surface area contributed by atoms with Gasteiger partial charge in [0.2, 0.25) is 0 Å². The highest BCUT2D eigenvalue weighted by molar-refractivity contribution is 9.10. The van der Waals surface area contributed by atoms with Crippen LogP contribution in [-0.4, -0.2) is 18.5 Å². The molecule has 0 aromatic heterocycles. The maximum Gasteiger partial charge on any atom is 0.325 e. The van der Waals surface area contributed by atoms with Gasteiger partial charge >= 0.3 is 6.03 Å². The molecular formula is C17H16BrFN2O3. The number of aryl methyl sites for hydroxylation is 2. The van der Waals surface area contributed by atoms with Crippen LogP contribution in [0.25, 0.3) is 0 Å². The lowest BCUT2D eigenvalue weighted by molar-refractivity contribution is -0.121. The largest absolute Gasteiger partial charge is 0.483 e. The van der Waals surface area contributed by atoms with Crippen LogP contribution in [0.2, 0.25) is 0 Å². The van der Waals surface area contributed by atoms with Crippen LogP contribution in [0.3, 0.4) is 0 Å². The first-order chi connectivity index (χ1) is 11.3. The molecule has 0 aliphatic heterocycles. The van der Waals surface area contributed by atoms with E-state index in [1.165, 1.54) is 18.2 Å². The Kier molecular flexibility index (Phi) is 5.92. The maximum atomic E-state index is 13.0. The summed E-state index contributed by atoms with van der Waals surface area (Å²) in [6.07, 6.45) is 0. The number of benzene rings is 2. The summed E-state index contributed by atoms with van der Waals surface area (Å²) in [5.41, 5.74) is 2.59. The van der Waals surface area contributed by atoms with Crippen LogP contribution in [0.1, 0.15) is 11.1 Å². The van der Waals surface area contributed by atoms with Gasteiger partial charge < -0.3 is 10.1 Å². The Labute approximate surface area is 147 Å². The molecule has 0 radical (unpaired) electrons. The van der Waals surface area contributed by atoms with Crippen LogP contribution in [0, 0.1) is 19.7 Å². The molecule has 0 atom stereocenters. The molecule has 3 amide bonds. The zero-order valence-electron chi connectivity index (χ0n) is 13.2. The maximum absolute atomic E-state index is 13.0. The number of hydrogen-bond acceptors (Lipinski definition) is 3. The number of amides is 3. The Morgan fingerprint density at radius 1 is 1.17 bits per heavy atom. The molecule has 0 aliphatic carbocycles. The number of carbonyl (C=O) groups is 2. The standard InChI is InChI=1S/C17H16BrFN2O3/c1-10-3-5-14(11(2)7-10)20-17(23)21-16(22)9-24-15-6-4-12(19)8-13(15)18/h3-8H,9H2,1-2H3,(H2,20,21,22,23). The SMILES string of the molecule is Cc1ccc(NC(=O)NC(=O)COc2ccc(F)cc2Br)c(C)c1. The number of halogens is 2. The summed E-state index contributed by atoms with van der Waals surface area (Å²) in [7, 11) is 0. The molecular weight excluding hydrogens is 379 g/mol. The third-order valence-corrected chi connectivity index (χ3v) is 3.76. The Morgan fingerprint density at radius 3 is 2.58 bits per heavy atom. The van der Waals surface area contributed by atoms with Gasteiger partial charge in [0, 0.05) is 5.69 Å². The van der Waals surface area contributed by atoms with E-state index >= 15 is 0 Å². The van der Waals surface area contributed by atoms with Gasteiger partial charge in [0.05, 0.1) is 4.47 Å². The predicted octanol–water partition coefficient (Wildman–Crippen LogP) is 3.93. The van der Waals surface area contributed by atoms with E-state index in [9.17, 15) is 14.0 Å². The number of rotatable bonds is 4. The monoisotopic (exact) mass is 394 g/mol. The summed E-state index contributed by atoms with van der Waals surface area (Å²) in [5, 5.41) is 4.77. The van der Waals surface area contributed by atoms with Gasteiger partial charge in [-0.15, -0.1) is 0 Å². The van der Waals surface area contributed by atoms with Gasteiger partial charge in [-0.25, -0.2) is 9.18 Å². The minimum absolute atomic E-state index is 0.307.